The average molecular weight is 365 g/mol. The predicted octanol–water partition coefficient (Wildman–Crippen LogP) is 2.10. The molecule has 0 saturated carbocycles. The smallest absolute Gasteiger partial charge is 0.259 e. The van der Waals surface area contributed by atoms with Gasteiger partial charge in [-0.15, -0.1) is 0 Å². The van der Waals surface area contributed by atoms with Crippen LogP contribution in [0.2, 0.25) is 0 Å². The third-order valence-electron chi connectivity index (χ3n) is 3.64. The highest BCUT2D eigenvalue weighted by atomic mass is 19.1. The summed E-state index contributed by atoms with van der Waals surface area (Å²) in [4.78, 5) is 23.7. The minimum absolute atomic E-state index is 0.259. The number of hydrazone groups is 1. The topological polar surface area (TPSA) is 99.2 Å². The molecule has 0 radical (unpaired) electrons. The first-order valence-electron chi connectivity index (χ1n) is 8.08. The van der Waals surface area contributed by atoms with Crippen LogP contribution in [0.1, 0.15) is 15.9 Å². The van der Waals surface area contributed by atoms with Crippen LogP contribution in [-0.2, 0) is 4.79 Å². The molecule has 0 unspecified atom stereocenters. The zero-order valence-electron chi connectivity index (χ0n) is 14.1. The molecule has 0 saturated heterocycles. The van der Waals surface area contributed by atoms with Crippen molar-refractivity contribution in [2.75, 3.05) is 6.54 Å². The number of aromatic nitrogens is 2. The molecule has 3 rings (SSSR count). The first-order chi connectivity index (χ1) is 13.1. The van der Waals surface area contributed by atoms with Gasteiger partial charge in [0.1, 0.15) is 5.82 Å². The number of hydrogen-bond donors (Lipinski definition) is 3. The number of amides is 2. The maximum atomic E-state index is 12.8. The lowest BCUT2D eigenvalue weighted by molar-refractivity contribution is -0.120. The van der Waals surface area contributed by atoms with Crippen LogP contribution in [0.15, 0.2) is 65.9 Å². The molecule has 3 aromatic rings. The Hall–Kier alpha value is -3.81. The number of benzene rings is 2. The maximum Gasteiger partial charge on any atom is 0.259 e. The molecule has 2 amide bonds. The first-order valence-corrected chi connectivity index (χ1v) is 8.08. The van der Waals surface area contributed by atoms with Gasteiger partial charge < -0.3 is 5.32 Å². The number of aromatic amines is 1. The van der Waals surface area contributed by atoms with E-state index >= 15 is 0 Å². The van der Waals surface area contributed by atoms with E-state index in [2.05, 4.69) is 26.0 Å². The largest absolute Gasteiger partial charge is 0.343 e. The van der Waals surface area contributed by atoms with Crippen LogP contribution in [0.25, 0.3) is 11.3 Å². The number of halogens is 1. The number of nitrogens with zero attached hydrogens (tertiary/aromatic N) is 2. The Morgan fingerprint density at radius 1 is 1.11 bits per heavy atom. The Bertz CT molecular complexity index is 952. The molecule has 0 bridgehead atoms. The molecule has 27 heavy (non-hydrogen) atoms. The molecule has 0 fully saturated rings. The Labute approximate surface area is 154 Å². The zero-order valence-corrected chi connectivity index (χ0v) is 14.1. The van der Waals surface area contributed by atoms with E-state index < -0.39 is 17.6 Å². The van der Waals surface area contributed by atoms with E-state index in [-0.39, 0.29) is 12.1 Å². The van der Waals surface area contributed by atoms with Gasteiger partial charge in [-0.05, 0) is 24.3 Å². The van der Waals surface area contributed by atoms with Gasteiger partial charge in [-0.1, -0.05) is 30.3 Å². The quantitative estimate of drug-likeness (QED) is 0.461. The van der Waals surface area contributed by atoms with Crippen molar-refractivity contribution in [3.63, 3.8) is 0 Å². The number of carbonyl (C=O) groups is 2. The fraction of sp³-hybridized carbons (Fsp3) is 0.0526. The van der Waals surface area contributed by atoms with Crippen LogP contribution < -0.4 is 10.7 Å². The SMILES string of the molecule is O=C(CNC(=O)c1ccc(F)cc1)N/N=C\c1cn[nH]c1-c1ccccc1. The third-order valence-corrected chi connectivity index (χ3v) is 3.64. The molecule has 1 aromatic heterocycles. The van der Waals surface area contributed by atoms with E-state index in [0.29, 0.717) is 5.56 Å². The van der Waals surface area contributed by atoms with Gasteiger partial charge in [-0.25, -0.2) is 9.82 Å². The Balaban J connectivity index is 1.52. The molecular weight excluding hydrogens is 349 g/mol. The lowest BCUT2D eigenvalue weighted by Gasteiger charge is -2.04. The minimum Gasteiger partial charge on any atom is -0.343 e. The lowest BCUT2D eigenvalue weighted by atomic mass is 10.1. The second-order valence-electron chi connectivity index (χ2n) is 5.55. The lowest BCUT2D eigenvalue weighted by Crippen LogP contribution is -2.34. The fourth-order valence-corrected chi connectivity index (χ4v) is 2.31. The van der Waals surface area contributed by atoms with Crippen molar-refractivity contribution in [2.24, 2.45) is 5.10 Å². The molecule has 8 heteroatoms. The van der Waals surface area contributed by atoms with E-state index in [1.54, 1.807) is 6.20 Å². The summed E-state index contributed by atoms with van der Waals surface area (Å²) in [5.74, 6) is -1.41. The van der Waals surface area contributed by atoms with Crippen molar-refractivity contribution >= 4 is 18.0 Å². The summed E-state index contributed by atoms with van der Waals surface area (Å²) < 4.78 is 12.8. The minimum atomic E-state index is -0.494. The molecule has 136 valence electrons. The molecule has 0 spiro atoms. The Morgan fingerprint density at radius 2 is 1.85 bits per heavy atom. The highest BCUT2D eigenvalue weighted by Gasteiger charge is 2.08. The van der Waals surface area contributed by atoms with Gasteiger partial charge in [0.25, 0.3) is 11.8 Å². The van der Waals surface area contributed by atoms with Crippen molar-refractivity contribution in [3.8, 4) is 11.3 Å². The van der Waals surface area contributed by atoms with Gasteiger partial charge in [-0.3, -0.25) is 14.7 Å². The maximum absolute atomic E-state index is 12.8. The van der Waals surface area contributed by atoms with Gasteiger partial charge in [0.2, 0.25) is 0 Å². The Morgan fingerprint density at radius 3 is 2.59 bits per heavy atom. The van der Waals surface area contributed by atoms with Gasteiger partial charge in [0, 0.05) is 16.7 Å². The molecule has 3 N–H and O–H groups in total. The van der Waals surface area contributed by atoms with E-state index in [0.717, 1.165) is 11.3 Å². The van der Waals surface area contributed by atoms with Crippen LogP contribution in [0.4, 0.5) is 4.39 Å². The molecule has 0 aliphatic heterocycles. The van der Waals surface area contributed by atoms with Crippen molar-refractivity contribution in [2.45, 2.75) is 0 Å². The number of rotatable bonds is 6. The predicted molar refractivity (Wildman–Crippen MR) is 98.5 cm³/mol. The van der Waals surface area contributed by atoms with Gasteiger partial charge >= 0.3 is 0 Å². The number of carbonyl (C=O) groups excluding carboxylic acids is 2. The number of H-pyrrole nitrogens is 1. The number of hydrogen-bond acceptors (Lipinski definition) is 4. The van der Waals surface area contributed by atoms with Crippen LogP contribution >= 0.6 is 0 Å². The molecule has 0 aliphatic rings. The number of nitrogens with one attached hydrogen (secondary N) is 3. The monoisotopic (exact) mass is 365 g/mol. The summed E-state index contributed by atoms with van der Waals surface area (Å²) >= 11 is 0. The summed E-state index contributed by atoms with van der Waals surface area (Å²) in [6, 6.07) is 14.6. The highest BCUT2D eigenvalue weighted by molar-refractivity contribution is 5.96. The Kier molecular flexibility index (Phi) is 5.68. The normalized spacial score (nSPS) is 10.7. The molecular formula is C19H16FN5O2. The summed E-state index contributed by atoms with van der Waals surface area (Å²) in [5.41, 5.74) is 5.01. The van der Waals surface area contributed by atoms with Crippen LogP contribution in [-0.4, -0.2) is 34.8 Å². The second-order valence-corrected chi connectivity index (χ2v) is 5.55. The average Bonchev–Trinajstić information content (AvgIpc) is 3.16. The zero-order chi connectivity index (χ0) is 19.1. The highest BCUT2D eigenvalue weighted by Crippen LogP contribution is 2.18. The summed E-state index contributed by atoms with van der Waals surface area (Å²) in [6.07, 6.45) is 3.06. The summed E-state index contributed by atoms with van der Waals surface area (Å²) in [7, 11) is 0. The second kappa shape index (κ2) is 8.52. The van der Waals surface area contributed by atoms with E-state index in [1.165, 1.54) is 30.5 Å². The van der Waals surface area contributed by atoms with Gasteiger partial charge in [0.15, 0.2) is 0 Å². The van der Waals surface area contributed by atoms with Gasteiger partial charge in [-0.2, -0.15) is 10.2 Å². The van der Waals surface area contributed by atoms with Crippen LogP contribution in [0.3, 0.4) is 0 Å². The fourth-order valence-electron chi connectivity index (χ4n) is 2.31. The molecule has 1 heterocycles. The molecule has 0 aliphatic carbocycles. The summed E-state index contributed by atoms with van der Waals surface area (Å²) in [5, 5.41) is 13.2. The molecule has 0 atom stereocenters. The standard InChI is InChI=1S/C19H16FN5O2/c20-16-8-6-14(7-9-16)19(27)21-12-17(26)24-22-10-15-11-23-25-18(15)13-4-2-1-3-5-13/h1-11H,12H2,(H,21,27)(H,23,25)(H,24,26)/b22-10-. The van der Waals surface area contributed by atoms with Crippen molar-refractivity contribution < 1.29 is 14.0 Å². The summed E-state index contributed by atoms with van der Waals surface area (Å²) in [6.45, 7) is -0.259. The van der Waals surface area contributed by atoms with E-state index in [1.807, 2.05) is 30.3 Å². The van der Waals surface area contributed by atoms with Crippen molar-refractivity contribution in [1.29, 1.82) is 0 Å². The van der Waals surface area contributed by atoms with Crippen LogP contribution in [0, 0.1) is 5.82 Å². The van der Waals surface area contributed by atoms with Crippen LogP contribution in [0.5, 0.6) is 0 Å². The van der Waals surface area contributed by atoms with Crippen molar-refractivity contribution in [3.05, 3.63) is 77.7 Å². The first kappa shape index (κ1) is 18.0. The molecule has 7 nitrogen and oxygen atoms in total. The van der Waals surface area contributed by atoms with E-state index in [9.17, 15) is 14.0 Å². The van der Waals surface area contributed by atoms with Crippen molar-refractivity contribution in [1.82, 2.24) is 20.9 Å². The van der Waals surface area contributed by atoms with Gasteiger partial charge in [0.05, 0.1) is 24.7 Å². The van der Waals surface area contributed by atoms with E-state index in [4.69, 9.17) is 0 Å². The third kappa shape index (κ3) is 4.85. The molecule has 2 aromatic carbocycles.